The second-order valence-corrected chi connectivity index (χ2v) is 20.9. The minimum absolute atomic E-state index is 0.172. The Balaban J connectivity index is 4.66. The van der Waals surface area contributed by atoms with Gasteiger partial charge in [-0.1, -0.05) is 245 Å². The lowest BCUT2D eigenvalue weighted by atomic mass is 10.0. The number of hydrogen-bond acceptors (Lipinski definition) is 10. The van der Waals surface area contributed by atoms with Crippen LogP contribution in [0.3, 0.4) is 0 Å². The normalized spacial score (nSPS) is 13.4. The number of esters is 3. The number of unbranched alkanes of at least 4 members (excludes halogenated alkanes) is 35. The summed E-state index contributed by atoms with van der Waals surface area (Å²) < 4.78 is 39.5. The molecule has 402 valence electrons. The van der Waals surface area contributed by atoms with Crippen molar-refractivity contribution in [3.63, 3.8) is 0 Å². The molecule has 0 aromatic carbocycles. The molecule has 0 spiro atoms. The van der Waals surface area contributed by atoms with Gasteiger partial charge in [0.15, 0.2) is 6.10 Å². The summed E-state index contributed by atoms with van der Waals surface area (Å²) in [6.07, 6.45) is 48.9. The fourth-order valence-corrected chi connectivity index (χ4v) is 9.06. The van der Waals surface area contributed by atoms with E-state index in [1.165, 1.54) is 154 Å². The van der Waals surface area contributed by atoms with Gasteiger partial charge in [0, 0.05) is 19.3 Å². The zero-order valence-electron chi connectivity index (χ0n) is 44.4. The van der Waals surface area contributed by atoms with E-state index in [0.29, 0.717) is 19.3 Å². The Bertz CT molecular complexity index is 1200. The lowest BCUT2D eigenvalue weighted by Crippen LogP contribution is -2.30. The molecule has 68 heavy (non-hydrogen) atoms. The molecule has 0 fully saturated rings. The highest BCUT2D eigenvalue weighted by Gasteiger charge is 2.28. The molecule has 0 saturated carbocycles. The average Bonchev–Trinajstić information content (AvgIpc) is 3.32. The minimum atomic E-state index is -4.73. The Morgan fingerprint density at radius 3 is 1.06 bits per heavy atom. The van der Waals surface area contributed by atoms with Crippen molar-refractivity contribution in [2.24, 2.45) is 0 Å². The summed E-state index contributed by atoms with van der Waals surface area (Å²) >= 11 is 0. The van der Waals surface area contributed by atoms with Crippen LogP contribution >= 0.6 is 7.82 Å². The van der Waals surface area contributed by atoms with Crippen LogP contribution < -0.4 is 0 Å². The van der Waals surface area contributed by atoms with Gasteiger partial charge in [0.25, 0.3) is 0 Å². The monoisotopic (exact) mass is 987 g/mol. The fourth-order valence-electron chi connectivity index (χ4n) is 8.28. The molecular formula is C56H107O11P. The van der Waals surface area contributed by atoms with E-state index in [-0.39, 0.29) is 25.9 Å². The van der Waals surface area contributed by atoms with Crippen molar-refractivity contribution in [1.82, 2.24) is 0 Å². The van der Waals surface area contributed by atoms with Crippen LogP contribution in [-0.4, -0.2) is 66.5 Å². The predicted octanol–water partition coefficient (Wildman–Crippen LogP) is 16.5. The quantitative estimate of drug-likeness (QED) is 0.0197. The first kappa shape index (κ1) is 66.2. The highest BCUT2D eigenvalue weighted by molar-refractivity contribution is 7.47. The molecule has 0 amide bonds. The summed E-state index contributed by atoms with van der Waals surface area (Å²) in [5.41, 5.74) is 0. The Kier molecular flexibility index (Phi) is 50.2. The van der Waals surface area contributed by atoms with Crippen LogP contribution in [0.2, 0.25) is 0 Å². The molecular weight excluding hydrogens is 880 g/mol. The third-order valence-corrected chi connectivity index (χ3v) is 13.6. The molecule has 0 heterocycles. The van der Waals surface area contributed by atoms with E-state index in [1.54, 1.807) is 0 Å². The SMILES string of the molecule is CCCC/C=C\CCCCCCCC(=O)OC(CO)COP(=O)(O)OCC(COC(=O)CCCCCCCCCCCCCCCCCCC)OC(=O)CCCCCCCCCCCCCCC. The van der Waals surface area contributed by atoms with Gasteiger partial charge in [-0.25, -0.2) is 4.57 Å². The molecule has 12 heteroatoms. The fraction of sp³-hybridized carbons (Fsp3) is 0.911. The van der Waals surface area contributed by atoms with Crippen molar-refractivity contribution in [3.8, 4) is 0 Å². The number of phosphoric acid groups is 1. The first-order chi connectivity index (χ1) is 33.2. The van der Waals surface area contributed by atoms with Gasteiger partial charge in [0.05, 0.1) is 19.8 Å². The lowest BCUT2D eigenvalue weighted by Gasteiger charge is -2.21. The van der Waals surface area contributed by atoms with Crippen LogP contribution in [0.1, 0.15) is 290 Å². The van der Waals surface area contributed by atoms with E-state index in [0.717, 1.165) is 77.0 Å². The van der Waals surface area contributed by atoms with Crippen LogP contribution in [0.25, 0.3) is 0 Å². The number of rotatable bonds is 54. The van der Waals surface area contributed by atoms with Gasteiger partial charge in [-0.05, 0) is 38.5 Å². The maximum absolute atomic E-state index is 12.9. The zero-order valence-corrected chi connectivity index (χ0v) is 45.2. The largest absolute Gasteiger partial charge is 0.472 e. The highest BCUT2D eigenvalue weighted by atomic mass is 31.2. The van der Waals surface area contributed by atoms with Crippen LogP contribution in [0.5, 0.6) is 0 Å². The van der Waals surface area contributed by atoms with Gasteiger partial charge >= 0.3 is 25.7 Å². The second-order valence-electron chi connectivity index (χ2n) is 19.5. The number of phosphoric ester groups is 1. The molecule has 0 saturated heterocycles. The van der Waals surface area contributed by atoms with Gasteiger partial charge in [-0.15, -0.1) is 0 Å². The molecule has 11 nitrogen and oxygen atoms in total. The van der Waals surface area contributed by atoms with E-state index < -0.39 is 57.8 Å². The molecule has 3 unspecified atom stereocenters. The maximum atomic E-state index is 12.9. The average molecular weight is 987 g/mol. The summed E-state index contributed by atoms with van der Waals surface area (Å²) in [6, 6.07) is 0. The molecule has 0 aromatic rings. The smallest absolute Gasteiger partial charge is 0.462 e. The zero-order chi connectivity index (χ0) is 49.9. The minimum Gasteiger partial charge on any atom is -0.462 e. The van der Waals surface area contributed by atoms with E-state index in [2.05, 4.69) is 32.9 Å². The Morgan fingerprint density at radius 1 is 0.397 bits per heavy atom. The summed E-state index contributed by atoms with van der Waals surface area (Å²) in [7, 11) is -4.73. The number of allylic oxidation sites excluding steroid dienone is 2. The van der Waals surface area contributed by atoms with Gasteiger partial charge in [0.2, 0.25) is 0 Å². The van der Waals surface area contributed by atoms with Crippen LogP contribution in [-0.2, 0) is 42.2 Å². The van der Waals surface area contributed by atoms with Crippen LogP contribution in [0.15, 0.2) is 12.2 Å². The van der Waals surface area contributed by atoms with E-state index >= 15 is 0 Å². The molecule has 0 aliphatic heterocycles. The number of hydrogen-bond donors (Lipinski definition) is 2. The molecule has 3 atom stereocenters. The van der Waals surface area contributed by atoms with E-state index in [1.807, 2.05) is 0 Å². The summed E-state index contributed by atoms with van der Waals surface area (Å²) in [5, 5.41) is 9.78. The first-order valence-corrected chi connectivity index (χ1v) is 30.1. The molecule has 0 radical (unpaired) electrons. The Hall–Kier alpha value is -1.78. The third-order valence-electron chi connectivity index (χ3n) is 12.7. The highest BCUT2D eigenvalue weighted by Crippen LogP contribution is 2.43. The van der Waals surface area contributed by atoms with Crippen molar-refractivity contribution in [2.75, 3.05) is 26.4 Å². The molecule has 2 N–H and O–H groups in total. The van der Waals surface area contributed by atoms with Gasteiger partial charge in [-0.2, -0.15) is 0 Å². The maximum Gasteiger partial charge on any atom is 0.472 e. The van der Waals surface area contributed by atoms with E-state index in [4.69, 9.17) is 23.3 Å². The summed E-state index contributed by atoms with van der Waals surface area (Å²) in [6.45, 7) is 4.64. The number of aliphatic hydroxyl groups excluding tert-OH is 1. The number of aliphatic hydroxyl groups is 1. The van der Waals surface area contributed by atoms with Crippen molar-refractivity contribution >= 4 is 25.7 Å². The Morgan fingerprint density at radius 2 is 0.691 bits per heavy atom. The summed E-state index contributed by atoms with van der Waals surface area (Å²) in [5.74, 6) is -1.45. The molecule has 0 aromatic heterocycles. The van der Waals surface area contributed by atoms with Gasteiger partial charge in [-0.3, -0.25) is 23.4 Å². The molecule has 0 rings (SSSR count). The molecule has 0 bridgehead atoms. The van der Waals surface area contributed by atoms with Crippen molar-refractivity contribution < 1.29 is 52.2 Å². The third kappa shape index (κ3) is 49.2. The van der Waals surface area contributed by atoms with Crippen molar-refractivity contribution in [3.05, 3.63) is 12.2 Å². The standard InChI is InChI=1S/C56H107O11P/c1-4-7-10-13-16-19-22-24-25-26-27-29-31-33-36-39-42-45-54(58)63-49-53(67-56(60)47-44-41-38-35-32-28-23-20-17-14-11-8-5-2)51-65-68(61,62)64-50-52(48-57)66-55(59)46-43-40-37-34-30-21-18-15-12-9-6-3/h15,18,52-53,57H,4-14,16-17,19-51H2,1-3H3,(H,61,62)/b18-15-. The topological polar surface area (TPSA) is 155 Å². The number of carbonyl (C=O) groups is 3. The van der Waals surface area contributed by atoms with Crippen molar-refractivity contribution in [1.29, 1.82) is 0 Å². The lowest BCUT2D eigenvalue weighted by molar-refractivity contribution is -0.161. The predicted molar refractivity (Wildman–Crippen MR) is 280 cm³/mol. The second kappa shape index (κ2) is 51.6. The van der Waals surface area contributed by atoms with Crippen LogP contribution in [0.4, 0.5) is 0 Å². The summed E-state index contributed by atoms with van der Waals surface area (Å²) in [4.78, 5) is 48.4. The van der Waals surface area contributed by atoms with Crippen LogP contribution in [0, 0.1) is 0 Å². The van der Waals surface area contributed by atoms with Crippen molar-refractivity contribution in [2.45, 2.75) is 303 Å². The van der Waals surface area contributed by atoms with E-state index in [9.17, 15) is 28.9 Å². The van der Waals surface area contributed by atoms with Gasteiger partial charge in [0.1, 0.15) is 12.7 Å². The number of carbonyl (C=O) groups excluding carboxylic acids is 3. The number of ether oxygens (including phenoxy) is 3. The van der Waals surface area contributed by atoms with Gasteiger partial charge < -0.3 is 24.2 Å². The Labute approximate surface area is 417 Å². The first-order valence-electron chi connectivity index (χ1n) is 28.6. The molecule has 0 aliphatic rings. The molecule has 0 aliphatic carbocycles.